The van der Waals surface area contributed by atoms with Gasteiger partial charge in [0.25, 0.3) is 5.56 Å². The molecule has 0 bridgehead atoms. The molecule has 1 aromatic rings. The van der Waals surface area contributed by atoms with Gasteiger partial charge in [-0.25, -0.2) is 4.79 Å². The van der Waals surface area contributed by atoms with Crippen LogP contribution < -0.4 is 16.9 Å². The molecule has 1 aromatic heterocycles. The van der Waals surface area contributed by atoms with E-state index in [0.29, 0.717) is 0 Å². The summed E-state index contributed by atoms with van der Waals surface area (Å²) in [6.45, 7) is -0.499. The van der Waals surface area contributed by atoms with Gasteiger partial charge in [-0.3, -0.25) is 24.4 Å². The average molecular weight is 275 g/mol. The van der Waals surface area contributed by atoms with E-state index in [-0.39, 0.29) is 0 Å². The summed E-state index contributed by atoms with van der Waals surface area (Å²) >= 11 is 0. The summed E-state index contributed by atoms with van der Waals surface area (Å²) in [5.74, 6) is 0. The molecule has 1 fully saturated rings. The smallest absolute Gasteiger partial charge is 0.330 e. The average Bonchev–Trinajstić information content (AvgIpc) is 2.68. The molecule has 2 unspecified atom stereocenters. The second-order valence-electron chi connectivity index (χ2n) is 3.93. The number of hydrogen-bond acceptors (Lipinski definition) is 8. The molecular weight excluding hydrogens is 262 g/mol. The standard InChI is InChI=1S/C9H13N3O7/c13-3-4-6(15)7(19-11-17)8(18-4)12-2-1-5(14)10-9(12)16/h1-2,4,6-8,11,13,15,17H,3H2,(H,10,14,16)/t4-,6?,7?,8-/m0/s1. The Morgan fingerprint density at radius 2 is 2.26 bits per heavy atom. The van der Waals surface area contributed by atoms with E-state index in [9.17, 15) is 14.7 Å². The van der Waals surface area contributed by atoms with E-state index in [4.69, 9.17) is 15.1 Å². The SMILES string of the molecule is O=c1ccn([C@H]2O[C@@H](CO)C(O)C2ONO)c(=O)[nH]1. The van der Waals surface area contributed by atoms with Gasteiger partial charge in [0.05, 0.1) is 6.61 Å². The second-order valence-corrected chi connectivity index (χ2v) is 3.93. The highest BCUT2D eigenvalue weighted by atomic mass is 16.8. The highest BCUT2D eigenvalue weighted by Crippen LogP contribution is 2.29. The molecule has 0 aromatic carbocycles. The zero-order valence-corrected chi connectivity index (χ0v) is 9.59. The number of hydrogen-bond donors (Lipinski definition) is 5. The number of aromatic nitrogens is 2. The van der Waals surface area contributed by atoms with Gasteiger partial charge < -0.3 is 14.9 Å². The number of rotatable bonds is 4. The van der Waals surface area contributed by atoms with Crippen molar-refractivity contribution < 1.29 is 25.0 Å². The lowest BCUT2D eigenvalue weighted by atomic mass is 10.1. The van der Waals surface area contributed by atoms with Crippen molar-refractivity contribution in [3.8, 4) is 0 Å². The van der Waals surface area contributed by atoms with Gasteiger partial charge in [-0.2, -0.15) is 0 Å². The third-order valence-electron chi connectivity index (χ3n) is 2.81. The number of aliphatic hydroxyl groups excluding tert-OH is 2. The normalized spacial score (nSPS) is 30.7. The lowest BCUT2D eigenvalue weighted by Crippen LogP contribution is -2.41. The molecule has 2 heterocycles. The minimum Gasteiger partial charge on any atom is -0.394 e. The van der Waals surface area contributed by atoms with Crippen LogP contribution in [0.3, 0.4) is 0 Å². The first-order valence-electron chi connectivity index (χ1n) is 5.39. The van der Waals surface area contributed by atoms with E-state index in [1.807, 2.05) is 4.98 Å². The Morgan fingerprint density at radius 1 is 1.53 bits per heavy atom. The van der Waals surface area contributed by atoms with Crippen molar-refractivity contribution in [2.75, 3.05) is 6.61 Å². The first-order valence-corrected chi connectivity index (χ1v) is 5.39. The van der Waals surface area contributed by atoms with Gasteiger partial charge in [0.2, 0.25) is 0 Å². The molecule has 0 saturated carbocycles. The summed E-state index contributed by atoms with van der Waals surface area (Å²) in [5, 5.41) is 27.4. The Labute approximate surface area is 105 Å². The maximum Gasteiger partial charge on any atom is 0.330 e. The third-order valence-corrected chi connectivity index (χ3v) is 2.81. The fraction of sp³-hybridized carbons (Fsp3) is 0.556. The first kappa shape index (κ1) is 13.9. The van der Waals surface area contributed by atoms with Gasteiger partial charge >= 0.3 is 5.69 Å². The Bertz CT molecular complexity index is 541. The molecule has 5 N–H and O–H groups in total. The number of nitrogens with one attached hydrogen (secondary N) is 2. The van der Waals surface area contributed by atoms with Crippen LogP contribution in [-0.4, -0.2) is 49.9 Å². The van der Waals surface area contributed by atoms with Crippen molar-refractivity contribution in [1.82, 2.24) is 15.2 Å². The molecule has 106 valence electrons. The summed E-state index contributed by atoms with van der Waals surface area (Å²) < 4.78 is 6.23. The molecule has 1 saturated heterocycles. The van der Waals surface area contributed by atoms with Gasteiger partial charge in [0.15, 0.2) is 12.3 Å². The molecule has 0 amide bonds. The lowest BCUT2D eigenvalue weighted by molar-refractivity contribution is -0.200. The number of aliphatic hydroxyl groups is 2. The predicted molar refractivity (Wildman–Crippen MR) is 58.1 cm³/mol. The quantitative estimate of drug-likeness (QED) is 0.367. The fourth-order valence-corrected chi connectivity index (χ4v) is 1.91. The van der Waals surface area contributed by atoms with Crippen LogP contribution in [0.1, 0.15) is 6.23 Å². The van der Waals surface area contributed by atoms with Gasteiger partial charge in [-0.1, -0.05) is 5.64 Å². The van der Waals surface area contributed by atoms with E-state index >= 15 is 0 Å². The molecule has 1 aliphatic heterocycles. The Kier molecular flexibility index (Phi) is 4.09. The largest absolute Gasteiger partial charge is 0.394 e. The van der Waals surface area contributed by atoms with Crippen molar-refractivity contribution in [2.45, 2.75) is 24.5 Å². The Morgan fingerprint density at radius 3 is 2.84 bits per heavy atom. The summed E-state index contributed by atoms with van der Waals surface area (Å²) in [6.07, 6.45) is -3.36. The van der Waals surface area contributed by atoms with Crippen LogP contribution >= 0.6 is 0 Å². The number of nitrogens with zero attached hydrogens (tertiary/aromatic N) is 1. The zero-order valence-electron chi connectivity index (χ0n) is 9.59. The zero-order chi connectivity index (χ0) is 14.0. The van der Waals surface area contributed by atoms with Crippen molar-refractivity contribution >= 4 is 0 Å². The van der Waals surface area contributed by atoms with Crippen LogP contribution in [0.2, 0.25) is 0 Å². The molecule has 1 aliphatic rings. The molecule has 0 spiro atoms. The highest BCUT2D eigenvalue weighted by Gasteiger charge is 2.46. The second kappa shape index (κ2) is 5.61. The number of H-pyrrole nitrogens is 1. The highest BCUT2D eigenvalue weighted by molar-refractivity contribution is 4.93. The minimum atomic E-state index is -1.27. The van der Waals surface area contributed by atoms with Crippen LogP contribution in [-0.2, 0) is 9.57 Å². The molecule has 2 rings (SSSR count). The van der Waals surface area contributed by atoms with Gasteiger partial charge in [-0.15, -0.1) is 0 Å². The van der Waals surface area contributed by atoms with Crippen molar-refractivity contribution in [1.29, 1.82) is 0 Å². The topological polar surface area (TPSA) is 146 Å². The van der Waals surface area contributed by atoms with Crippen LogP contribution in [0.15, 0.2) is 21.9 Å². The van der Waals surface area contributed by atoms with Crippen LogP contribution in [0.25, 0.3) is 0 Å². The fourth-order valence-electron chi connectivity index (χ4n) is 1.91. The van der Waals surface area contributed by atoms with Crippen LogP contribution in [0.4, 0.5) is 0 Å². The minimum absolute atomic E-state index is 0.499. The van der Waals surface area contributed by atoms with Gasteiger partial charge in [-0.05, 0) is 0 Å². The maximum atomic E-state index is 11.6. The molecule has 10 nitrogen and oxygen atoms in total. The van der Waals surface area contributed by atoms with Crippen molar-refractivity contribution in [2.24, 2.45) is 0 Å². The molecule has 10 heteroatoms. The van der Waals surface area contributed by atoms with Gasteiger partial charge in [0.1, 0.15) is 12.2 Å². The first-order chi connectivity index (χ1) is 9.08. The van der Waals surface area contributed by atoms with Crippen LogP contribution in [0.5, 0.6) is 0 Å². The predicted octanol–water partition coefficient (Wildman–Crippen LogP) is -2.93. The summed E-state index contributed by atoms with van der Waals surface area (Å²) in [5.41, 5.74) is 0.0509. The summed E-state index contributed by atoms with van der Waals surface area (Å²) in [4.78, 5) is 29.3. The third kappa shape index (κ3) is 2.58. The Hall–Kier alpha value is -1.56. The van der Waals surface area contributed by atoms with E-state index in [2.05, 4.69) is 4.84 Å². The molecule has 0 radical (unpaired) electrons. The number of ether oxygens (including phenoxy) is 1. The summed E-state index contributed by atoms with van der Waals surface area (Å²) in [6, 6.07) is 1.09. The molecule has 4 atom stereocenters. The van der Waals surface area contributed by atoms with E-state index < -0.39 is 42.4 Å². The number of aromatic amines is 1. The Balaban J connectivity index is 2.36. The monoisotopic (exact) mass is 275 g/mol. The molecular formula is C9H13N3O7. The van der Waals surface area contributed by atoms with Crippen molar-refractivity contribution in [3.63, 3.8) is 0 Å². The molecule has 19 heavy (non-hydrogen) atoms. The van der Waals surface area contributed by atoms with E-state index in [0.717, 1.165) is 16.8 Å². The van der Waals surface area contributed by atoms with Crippen molar-refractivity contribution in [3.05, 3.63) is 33.1 Å². The lowest BCUT2D eigenvalue weighted by Gasteiger charge is -2.20. The van der Waals surface area contributed by atoms with E-state index in [1.54, 1.807) is 0 Å². The molecule has 0 aliphatic carbocycles. The van der Waals surface area contributed by atoms with Gasteiger partial charge in [0, 0.05) is 12.3 Å². The van der Waals surface area contributed by atoms with Crippen LogP contribution in [0, 0.1) is 0 Å². The maximum absolute atomic E-state index is 11.6. The van der Waals surface area contributed by atoms with E-state index in [1.165, 1.54) is 5.64 Å². The summed E-state index contributed by atoms with van der Waals surface area (Å²) in [7, 11) is 0.